The van der Waals surface area contributed by atoms with Gasteiger partial charge in [0.25, 0.3) is 0 Å². The number of benzene rings is 1. The summed E-state index contributed by atoms with van der Waals surface area (Å²) in [5, 5.41) is 6.15. The first kappa shape index (κ1) is 13.0. The largest absolute Gasteiger partial charge is 0.326 e. The van der Waals surface area contributed by atoms with Gasteiger partial charge in [-0.05, 0) is 50.9 Å². The van der Waals surface area contributed by atoms with Crippen molar-refractivity contribution in [2.24, 2.45) is 5.92 Å². The fourth-order valence-corrected chi connectivity index (χ4v) is 2.33. The Kier molecular flexibility index (Phi) is 3.97. The lowest BCUT2D eigenvalue weighted by atomic mass is 9.92. The van der Waals surface area contributed by atoms with Crippen LogP contribution < -0.4 is 10.6 Å². The van der Waals surface area contributed by atoms with Crippen molar-refractivity contribution in [3.05, 3.63) is 29.6 Å². The van der Waals surface area contributed by atoms with Crippen LogP contribution in [0.3, 0.4) is 0 Å². The van der Waals surface area contributed by atoms with Crippen molar-refractivity contribution in [1.82, 2.24) is 5.32 Å². The number of rotatable bonds is 2. The van der Waals surface area contributed by atoms with Crippen LogP contribution in [0.1, 0.15) is 25.3 Å². The van der Waals surface area contributed by atoms with Crippen molar-refractivity contribution < 1.29 is 9.18 Å². The number of aryl methyl sites for hydroxylation is 1. The number of carbonyl (C=O) groups is 1. The van der Waals surface area contributed by atoms with E-state index in [-0.39, 0.29) is 17.6 Å². The van der Waals surface area contributed by atoms with Gasteiger partial charge in [0.15, 0.2) is 0 Å². The fraction of sp³-hybridized carbons (Fsp3) is 0.500. The highest BCUT2D eigenvalue weighted by Crippen LogP contribution is 2.21. The minimum Gasteiger partial charge on any atom is -0.326 e. The van der Waals surface area contributed by atoms with Crippen LogP contribution in [0.15, 0.2) is 18.2 Å². The molecule has 98 valence electrons. The molecular weight excluding hydrogens is 231 g/mol. The third-order valence-corrected chi connectivity index (χ3v) is 3.45. The number of anilines is 1. The monoisotopic (exact) mass is 250 g/mol. The molecule has 1 aromatic carbocycles. The molecule has 1 amide bonds. The van der Waals surface area contributed by atoms with E-state index >= 15 is 0 Å². The lowest BCUT2D eigenvalue weighted by Gasteiger charge is -2.27. The van der Waals surface area contributed by atoms with Crippen molar-refractivity contribution in [2.45, 2.75) is 32.7 Å². The molecule has 0 spiro atoms. The molecule has 2 N–H and O–H groups in total. The van der Waals surface area contributed by atoms with Crippen molar-refractivity contribution in [3.63, 3.8) is 0 Å². The molecule has 1 saturated heterocycles. The second-order valence-corrected chi connectivity index (χ2v) is 5.02. The van der Waals surface area contributed by atoms with E-state index in [0.717, 1.165) is 24.9 Å². The summed E-state index contributed by atoms with van der Waals surface area (Å²) in [7, 11) is 0. The number of nitrogens with one attached hydrogen (secondary N) is 2. The van der Waals surface area contributed by atoms with Crippen LogP contribution in [-0.4, -0.2) is 18.5 Å². The summed E-state index contributed by atoms with van der Waals surface area (Å²) in [6.45, 7) is 4.80. The summed E-state index contributed by atoms with van der Waals surface area (Å²) in [4.78, 5) is 12.1. The second-order valence-electron chi connectivity index (χ2n) is 5.02. The van der Waals surface area contributed by atoms with Gasteiger partial charge in [-0.2, -0.15) is 0 Å². The summed E-state index contributed by atoms with van der Waals surface area (Å²) < 4.78 is 13.1. The molecule has 2 rings (SSSR count). The number of hydrogen-bond acceptors (Lipinski definition) is 2. The van der Waals surface area contributed by atoms with Gasteiger partial charge in [-0.25, -0.2) is 4.39 Å². The molecule has 0 radical (unpaired) electrons. The van der Waals surface area contributed by atoms with E-state index in [1.807, 2.05) is 6.92 Å². The zero-order chi connectivity index (χ0) is 13.1. The van der Waals surface area contributed by atoms with E-state index < -0.39 is 0 Å². The lowest BCUT2D eigenvalue weighted by molar-refractivity contribution is -0.120. The molecule has 1 aromatic rings. The van der Waals surface area contributed by atoms with E-state index in [2.05, 4.69) is 17.6 Å². The standard InChI is InChI=1S/C14H19FN2O/c1-9-3-4-12(15)8-13(9)17-14(18)11-5-6-16-10(2)7-11/h3-4,8,10-11,16H,5-7H2,1-2H3,(H,17,18). The van der Waals surface area contributed by atoms with Crippen LogP contribution in [0.4, 0.5) is 10.1 Å². The summed E-state index contributed by atoms with van der Waals surface area (Å²) in [5.41, 5.74) is 1.46. The molecule has 0 saturated carbocycles. The van der Waals surface area contributed by atoms with E-state index in [0.29, 0.717) is 11.7 Å². The Morgan fingerprint density at radius 2 is 2.28 bits per heavy atom. The number of halogens is 1. The molecule has 1 heterocycles. The van der Waals surface area contributed by atoms with Gasteiger partial charge in [0, 0.05) is 17.6 Å². The van der Waals surface area contributed by atoms with Crippen molar-refractivity contribution in [1.29, 1.82) is 0 Å². The minimum absolute atomic E-state index is 0.00273. The van der Waals surface area contributed by atoms with E-state index in [4.69, 9.17) is 0 Å². The Labute approximate surface area is 107 Å². The van der Waals surface area contributed by atoms with Crippen LogP contribution in [0, 0.1) is 18.7 Å². The van der Waals surface area contributed by atoms with Gasteiger partial charge < -0.3 is 10.6 Å². The molecule has 3 nitrogen and oxygen atoms in total. The van der Waals surface area contributed by atoms with Gasteiger partial charge in [0.1, 0.15) is 5.82 Å². The molecule has 0 aliphatic carbocycles. The highest BCUT2D eigenvalue weighted by molar-refractivity contribution is 5.93. The van der Waals surface area contributed by atoms with E-state index in [1.165, 1.54) is 12.1 Å². The third kappa shape index (κ3) is 3.07. The molecule has 4 heteroatoms. The first-order valence-electron chi connectivity index (χ1n) is 6.36. The van der Waals surface area contributed by atoms with Gasteiger partial charge in [-0.1, -0.05) is 6.07 Å². The van der Waals surface area contributed by atoms with Crippen molar-refractivity contribution in [3.8, 4) is 0 Å². The predicted molar refractivity (Wildman–Crippen MR) is 70.0 cm³/mol. The van der Waals surface area contributed by atoms with Crippen LogP contribution >= 0.6 is 0 Å². The SMILES string of the molecule is Cc1ccc(F)cc1NC(=O)C1CCNC(C)C1. The Bertz CT molecular complexity index is 447. The average Bonchev–Trinajstić information content (AvgIpc) is 2.34. The Hall–Kier alpha value is -1.42. The van der Waals surface area contributed by atoms with Crippen LogP contribution in [0.5, 0.6) is 0 Å². The third-order valence-electron chi connectivity index (χ3n) is 3.45. The molecule has 1 aliphatic rings. The smallest absolute Gasteiger partial charge is 0.227 e. The molecule has 0 aromatic heterocycles. The zero-order valence-corrected chi connectivity index (χ0v) is 10.8. The summed E-state index contributed by atoms with van der Waals surface area (Å²) >= 11 is 0. The van der Waals surface area contributed by atoms with Crippen molar-refractivity contribution in [2.75, 3.05) is 11.9 Å². The Balaban J connectivity index is 2.04. The summed E-state index contributed by atoms with van der Waals surface area (Å²) in [6, 6.07) is 4.81. The minimum atomic E-state index is -0.324. The number of hydrogen-bond donors (Lipinski definition) is 2. The molecule has 2 atom stereocenters. The highest BCUT2D eigenvalue weighted by atomic mass is 19.1. The topological polar surface area (TPSA) is 41.1 Å². The molecule has 1 aliphatic heterocycles. The maximum absolute atomic E-state index is 13.1. The first-order valence-corrected chi connectivity index (χ1v) is 6.36. The highest BCUT2D eigenvalue weighted by Gasteiger charge is 2.24. The van der Waals surface area contributed by atoms with Crippen LogP contribution in [0.25, 0.3) is 0 Å². The average molecular weight is 250 g/mol. The molecule has 2 unspecified atom stereocenters. The molecule has 0 bridgehead atoms. The quantitative estimate of drug-likeness (QED) is 0.846. The van der Waals surface area contributed by atoms with E-state index in [1.54, 1.807) is 6.07 Å². The summed E-state index contributed by atoms with van der Waals surface area (Å²) in [6.07, 6.45) is 1.67. The maximum Gasteiger partial charge on any atom is 0.227 e. The van der Waals surface area contributed by atoms with Gasteiger partial charge in [0.2, 0.25) is 5.91 Å². The van der Waals surface area contributed by atoms with Crippen LogP contribution in [0.2, 0.25) is 0 Å². The van der Waals surface area contributed by atoms with Gasteiger partial charge in [-0.15, -0.1) is 0 Å². The molecular formula is C14H19FN2O. The number of carbonyl (C=O) groups excluding carboxylic acids is 1. The number of piperidine rings is 1. The Morgan fingerprint density at radius 1 is 1.50 bits per heavy atom. The lowest BCUT2D eigenvalue weighted by Crippen LogP contribution is -2.40. The predicted octanol–water partition coefficient (Wildman–Crippen LogP) is 2.46. The van der Waals surface area contributed by atoms with E-state index in [9.17, 15) is 9.18 Å². The summed E-state index contributed by atoms with van der Waals surface area (Å²) in [5.74, 6) is -0.310. The van der Waals surface area contributed by atoms with Crippen LogP contribution in [-0.2, 0) is 4.79 Å². The fourth-order valence-electron chi connectivity index (χ4n) is 2.33. The zero-order valence-electron chi connectivity index (χ0n) is 10.8. The van der Waals surface area contributed by atoms with Gasteiger partial charge in [-0.3, -0.25) is 4.79 Å². The Morgan fingerprint density at radius 3 is 3.00 bits per heavy atom. The molecule has 18 heavy (non-hydrogen) atoms. The van der Waals surface area contributed by atoms with Gasteiger partial charge in [0.05, 0.1) is 0 Å². The van der Waals surface area contributed by atoms with Crippen molar-refractivity contribution >= 4 is 11.6 Å². The number of amides is 1. The first-order chi connectivity index (χ1) is 8.56. The maximum atomic E-state index is 13.1. The molecule has 1 fully saturated rings. The second kappa shape index (κ2) is 5.48. The normalized spacial score (nSPS) is 23.7. The van der Waals surface area contributed by atoms with Gasteiger partial charge >= 0.3 is 0 Å².